The van der Waals surface area contributed by atoms with Crippen LogP contribution in [0.5, 0.6) is 0 Å². The van der Waals surface area contributed by atoms with E-state index >= 15 is 0 Å². The molecule has 0 aliphatic carbocycles. The highest BCUT2D eigenvalue weighted by molar-refractivity contribution is 9.10. The Morgan fingerprint density at radius 2 is 2.05 bits per heavy atom. The maximum Gasteiger partial charge on any atom is 0.128 e. The van der Waals surface area contributed by atoms with Crippen LogP contribution in [-0.4, -0.2) is 6.54 Å². The van der Waals surface area contributed by atoms with Crippen molar-refractivity contribution < 1.29 is 4.39 Å². The van der Waals surface area contributed by atoms with E-state index in [1.807, 2.05) is 25.1 Å². The van der Waals surface area contributed by atoms with E-state index in [9.17, 15) is 4.39 Å². The second-order valence-electron chi connectivity index (χ2n) is 4.62. The first kappa shape index (κ1) is 15.3. The highest BCUT2D eigenvalue weighted by atomic mass is 79.9. The molecule has 20 heavy (non-hydrogen) atoms. The summed E-state index contributed by atoms with van der Waals surface area (Å²) >= 11 is 9.37. The fourth-order valence-corrected chi connectivity index (χ4v) is 2.85. The van der Waals surface area contributed by atoms with Gasteiger partial charge in [-0.2, -0.15) is 0 Å². The van der Waals surface area contributed by atoms with Crippen LogP contribution in [0.25, 0.3) is 0 Å². The van der Waals surface area contributed by atoms with Gasteiger partial charge in [-0.3, -0.25) is 0 Å². The molecule has 0 saturated carbocycles. The zero-order valence-corrected chi connectivity index (χ0v) is 13.3. The van der Waals surface area contributed by atoms with Gasteiger partial charge in [-0.25, -0.2) is 4.39 Å². The van der Waals surface area contributed by atoms with Crippen LogP contribution in [0.1, 0.15) is 17.2 Å². The van der Waals surface area contributed by atoms with Crippen molar-refractivity contribution in [3.8, 4) is 0 Å². The lowest BCUT2D eigenvalue weighted by Crippen LogP contribution is -2.21. The molecule has 1 atom stereocenters. The summed E-state index contributed by atoms with van der Waals surface area (Å²) in [5, 5.41) is 3.73. The predicted octanol–water partition coefficient (Wildman–Crippen LogP) is 4.66. The molecule has 3 N–H and O–H groups in total. The third-order valence-corrected chi connectivity index (χ3v) is 3.65. The smallest absolute Gasteiger partial charge is 0.128 e. The normalized spacial score (nSPS) is 12.2. The van der Waals surface area contributed by atoms with Gasteiger partial charge < -0.3 is 11.1 Å². The second kappa shape index (κ2) is 6.57. The van der Waals surface area contributed by atoms with Crippen LogP contribution in [0.4, 0.5) is 10.1 Å². The van der Waals surface area contributed by atoms with Gasteiger partial charge in [0.05, 0.1) is 6.04 Å². The first-order valence-corrected chi connectivity index (χ1v) is 7.35. The largest absolute Gasteiger partial charge is 0.377 e. The minimum Gasteiger partial charge on any atom is -0.377 e. The Labute approximate surface area is 131 Å². The van der Waals surface area contributed by atoms with E-state index in [0.717, 1.165) is 15.7 Å². The summed E-state index contributed by atoms with van der Waals surface area (Å²) in [6.45, 7) is 2.26. The Kier molecular flexibility index (Phi) is 5.02. The minimum absolute atomic E-state index is 0.267. The van der Waals surface area contributed by atoms with Crippen LogP contribution in [0.15, 0.2) is 40.9 Å². The topological polar surface area (TPSA) is 38.0 Å². The molecule has 2 aromatic carbocycles. The molecule has 0 aliphatic heterocycles. The Hall–Kier alpha value is -1.10. The summed E-state index contributed by atoms with van der Waals surface area (Å²) in [5.41, 5.74) is 8.22. The number of nitrogens with two attached hydrogens (primary N) is 1. The lowest BCUT2D eigenvalue weighted by atomic mass is 10.1. The highest BCUT2D eigenvalue weighted by Gasteiger charge is 2.15. The molecule has 0 fully saturated rings. The molecule has 0 aliphatic rings. The number of aryl methyl sites for hydroxylation is 1. The van der Waals surface area contributed by atoms with Crippen LogP contribution in [-0.2, 0) is 0 Å². The predicted molar refractivity (Wildman–Crippen MR) is 85.7 cm³/mol. The molecule has 106 valence electrons. The summed E-state index contributed by atoms with van der Waals surface area (Å²) in [4.78, 5) is 0. The fourth-order valence-electron chi connectivity index (χ4n) is 2.07. The van der Waals surface area contributed by atoms with Gasteiger partial charge in [-0.05, 0) is 48.9 Å². The molecule has 0 amide bonds. The quantitative estimate of drug-likeness (QED) is 0.835. The molecule has 0 aromatic heterocycles. The van der Waals surface area contributed by atoms with Crippen molar-refractivity contribution in [1.82, 2.24) is 0 Å². The minimum atomic E-state index is -0.331. The van der Waals surface area contributed by atoms with E-state index in [2.05, 4.69) is 21.2 Å². The lowest BCUT2D eigenvalue weighted by molar-refractivity contribution is 0.593. The number of anilines is 1. The van der Waals surface area contributed by atoms with Gasteiger partial charge in [0.15, 0.2) is 0 Å². The molecule has 0 heterocycles. The fraction of sp³-hybridized carbons (Fsp3) is 0.200. The van der Waals surface area contributed by atoms with Crippen molar-refractivity contribution in [2.75, 3.05) is 11.9 Å². The average Bonchev–Trinajstić information content (AvgIpc) is 2.38. The summed E-state index contributed by atoms with van der Waals surface area (Å²) < 4.78 is 14.9. The van der Waals surface area contributed by atoms with E-state index < -0.39 is 0 Å². The SMILES string of the molecule is Cc1cc(Br)cc(NC(CN)c2cc(Cl)ccc2F)c1. The third-order valence-electron chi connectivity index (χ3n) is 2.95. The Morgan fingerprint density at radius 1 is 1.30 bits per heavy atom. The van der Waals surface area contributed by atoms with Crippen LogP contribution in [0.2, 0.25) is 5.02 Å². The van der Waals surface area contributed by atoms with Crippen molar-refractivity contribution >= 4 is 33.2 Å². The van der Waals surface area contributed by atoms with Gasteiger partial charge in [0.25, 0.3) is 0 Å². The molecular formula is C15H15BrClFN2. The first-order valence-electron chi connectivity index (χ1n) is 6.18. The van der Waals surface area contributed by atoms with Gasteiger partial charge in [0.1, 0.15) is 5.82 Å². The Bertz CT molecular complexity index is 599. The van der Waals surface area contributed by atoms with Gasteiger partial charge in [-0.15, -0.1) is 0 Å². The monoisotopic (exact) mass is 356 g/mol. The van der Waals surface area contributed by atoms with Crippen molar-refractivity contribution in [2.45, 2.75) is 13.0 Å². The lowest BCUT2D eigenvalue weighted by Gasteiger charge is -2.20. The summed E-state index contributed by atoms with van der Waals surface area (Å²) in [6.07, 6.45) is 0. The van der Waals surface area contributed by atoms with Crippen LogP contribution in [0, 0.1) is 12.7 Å². The van der Waals surface area contributed by atoms with E-state index in [-0.39, 0.29) is 18.4 Å². The van der Waals surface area contributed by atoms with Gasteiger partial charge in [0, 0.05) is 27.3 Å². The zero-order valence-electron chi connectivity index (χ0n) is 11.0. The number of benzene rings is 2. The standard InChI is InChI=1S/C15H15BrClFN2/c1-9-4-10(16)6-12(5-9)20-15(8-19)13-7-11(17)2-3-14(13)18/h2-7,15,20H,8,19H2,1H3. The van der Waals surface area contributed by atoms with E-state index in [4.69, 9.17) is 17.3 Å². The van der Waals surface area contributed by atoms with Crippen molar-refractivity contribution in [2.24, 2.45) is 5.73 Å². The maximum absolute atomic E-state index is 13.9. The first-order chi connectivity index (χ1) is 9.49. The summed E-state index contributed by atoms with van der Waals surface area (Å²) in [6, 6.07) is 10.1. The highest BCUT2D eigenvalue weighted by Crippen LogP contribution is 2.26. The molecule has 2 aromatic rings. The van der Waals surface area contributed by atoms with E-state index in [1.165, 1.54) is 12.1 Å². The summed E-state index contributed by atoms with van der Waals surface area (Å²) in [7, 11) is 0. The molecule has 2 rings (SSSR count). The molecule has 2 nitrogen and oxygen atoms in total. The van der Waals surface area contributed by atoms with Crippen LogP contribution >= 0.6 is 27.5 Å². The second-order valence-corrected chi connectivity index (χ2v) is 5.97. The number of rotatable bonds is 4. The molecule has 0 spiro atoms. The molecule has 0 saturated heterocycles. The molecule has 5 heteroatoms. The van der Waals surface area contributed by atoms with Crippen LogP contribution < -0.4 is 11.1 Å². The van der Waals surface area contributed by atoms with Crippen molar-refractivity contribution in [3.05, 3.63) is 62.8 Å². The van der Waals surface area contributed by atoms with Crippen molar-refractivity contribution in [3.63, 3.8) is 0 Å². The number of halogens is 3. The number of hydrogen-bond acceptors (Lipinski definition) is 2. The summed E-state index contributed by atoms with van der Waals surface area (Å²) in [5.74, 6) is -0.316. The average molecular weight is 358 g/mol. The van der Waals surface area contributed by atoms with Crippen LogP contribution in [0.3, 0.4) is 0 Å². The number of hydrogen-bond donors (Lipinski definition) is 2. The van der Waals surface area contributed by atoms with Gasteiger partial charge in [-0.1, -0.05) is 27.5 Å². The Balaban J connectivity index is 2.31. The third kappa shape index (κ3) is 3.72. The number of nitrogens with one attached hydrogen (secondary N) is 1. The molecule has 0 bridgehead atoms. The van der Waals surface area contributed by atoms with Gasteiger partial charge in [0.2, 0.25) is 0 Å². The molecule has 0 radical (unpaired) electrons. The Morgan fingerprint density at radius 3 is 2.70 bits per heavy atom. The van der Waals surface area contributed by atoms with E-state index in [0.29, 0.717) is 10.6 Å². The van der Waals surface area contributed by atoms with Crippen molar-refractivity contribution in [1.29, 1.82) is 0 Å². The zero-order chi connectivity index (χ0) is 14.7. The van der Waals surface area contributed by atoms with Gasteiger partial charge >= 0.3 is 0 Å². The maximum atomic E-state index is 13.9. The molecule has 1 unspecified atom stereocenters. The van der Waals surface area contributed by atoms with E-state index in [1.54, 1.807) is 6.07 Å². The molecular weight excluding hydrogens is 343 g/mol.